The summed E-state index contributed by atoms with van der Waals surface area (Å²) in [6.45, 7) is 3.95. The molecule has 1 unspecified atom stereocenters. The fraction of sp³-hybridized carbons (Fsp3) is 0.316. The van der Waals surface area contributed by atoms with Crippen molar-refractivity contribution in [3.8, 4) is 5.75 Å². The van der Waals surface area contributed by atoms with Crippen molar-refractivity contribution >= 4 is 23.2 Å². The first kappa shape index (κ1) is 18.3. The number of ether oxygens (including phenoxy) is 1. The fourth-order valence-corrected chi connectivity index (χ4v) is 2.57. The van der Waals surface area contributed by atoms with Crippen molar-refractivity contribution in [3.05, 3.63) is 59.1 Å². The van der Waals surface area contributed by atoms with Crippen molar-refractivity contribution in [2.45, 2.75) is 13.3 Å². The lowest BCUT2D eigenvalue weighted by Crippen LogP contribution is -3.10. The van der Waals surface area contributed by atoms with Crippen molar-refractivity contribution in [1.29, 1.82) is 0 Å². The van der Waals surface area contributed by atoms with Gasteiger partial charge in [0.2, 0.25) is 0 Å². The van der Waals surface area contributed by atoms with Crippen molar-refractivity contribution in [2.24, 2.45) is 0 Å². The van der Waals surface area contributed by atoms with E-state index in [0.717, 1.165) is 23.6 Å². The van der Waals surface area contributed by atoms with E-state index in [1.54, 1.807) is 12.1 Å². The molecule has 5 heteroatoms. The van der Waals surface area contributed by atoms with Crippen molar-refractivity contribution in [1.82, 2.24) is 0 Å². The lowest BCUT2D eigenvalue weighted by molar-refractivity contribution is -0.871. The SMILES string of the molecule is Cc1cccc(OCCC[NH+](C)CC(=O)Nc2ccccc2Cl)c1. The Kier molecular flexibility index (Phi) is 7.09. The summed E-state index contributed by atoms with van der Waals surface area (Å²) in [7, 11) is 2.00. The number of rotatable bonds is 8. The van der Waals surface area contributed by atoms with E-state index < -0.39 is 0 Å². The van der Waals surface area contributed by atoms with Crippen LogP contribution in [0.25, 0.3) is 0 Å². The van der Waals surface area contributed by atoms with Gasteiger partial charge in [-0.2, -0.15) is 0 Å². The molecule has 2 aromatic carbocycles. The lowest BCUT2D eigenvalue weighted by atomic mass is 10.2. The molecule has 2 aromatic rings. The van der Waals surface area contributed by atoms with Gasteiger partial charge >= 0.3 is 0 Å². The zero-order chi connectivity index (χ0) is 17.4. The van der Waals surface area contributed by atoms with Gasteiger partial charge in [0.1, 0.15) is 5.75 Å². The fourth-order valence-electron chi connectivity index (χ4n) is 2.39. The molecule has 0 saturated carbocycles. The van der Waals surface area contributed by atoms with Crippen molar-refractivity contribution < 1.29 is 14.4 Å². The number of anilines is 1. The van der Waals surface area contributed by atoms with Crippen LogP contribution in [0, 0.1) is 6.92 Å². The number of quaternary nitrogens is 1. The number of nitrogens with one attached hydrogen (secondary N) is 2. The summed E-state index contributed by atoms with van der Waals surface area (Å²) in [6.07, 6.45) is 0.888. The number of likely N-dealkylation sites (N-methyl/N-ethyl adjacent to an activating group) is 1. The second kappa shape index (κ2) is 9.30. The Bertz CT molecular complexity index is 676. The second-order valence-electron chi connectivity index (χ2n) is 5.93. The van der Waals surface area contributed by atoms with E-state index in [2.05, 4.69) is 5.32 Å². The van der Waals surface area contributed by atoms with Crippen LogP contribution in [-0.2, 0) is 4.79 Å². The molecule has 0 aromatic heterocycles. The predicted octanol–water partition coefficient (Wildman–Crippen LogP) is 2.57. The topological polar surface area (TPSA) is 42.8 Å². The number of hydrogen-bond acceptors (Lipinski definition) is 2. The van der Waals surface area contributed by atoms with Gasteiger partial charge in [-0.25, -0.2) is 0 Å². The molecule has 0 spiro atoms. The normalized spacial score (nSPS) is 11.8. The molecule has 2 N–H and O–H groups in total. The molecule has 4 nitrogen and oxygen atoms in total. The Morgan fingerprint density at radius 3 is 2.75 bits per heavy atom. The summed E-state index contributed by atoms with van der Waals surface area (Å²) in [5, 5.41) is 3.39. The number of halogens is 1. The maximum atomic E-state index is 12.0. The van der Waals surface area contributed by atoms with Crippen LogP contribution in [0.5, 0.6) is 5.75 Å². The van der Waals surface area contributed by atoms with Crippen molar-refractivity contribution in [2.75, 3.05) is 32.1 Å². The second-order valence-corrected chi connectivity index (χ2v) is 6.34. The van der Waals surface area contributed by atoms with Gasteiger partial charge in [-0.05, 0) is 36.8 Å². The zero-order valence-corrected chi connectivity index (χ0v) is 14.9. The summed E-state index contributed by atoms with van der Waals surface area (Å²) in [5.74, 6) is 0.851. The molecule has 0 fully saturated rings. The van der Waals surface area contributed by atoms with E-state index in [1.165, 1.54) is 5.56 Å². The summed E-state index contributed by atoms with van der Waals surface area (Å²) in [4.78, 5) is 13.2. The summed E-state index contributed by atoms with van der Waals surface area (Å²) in [6, 6.07) is 15.3. The number of amides is 1. The third kappa shape index (κ3) is 6.22. The van der Waals surface area contributed by atoms with E-state index in [1.807, 2.05) is 50.4 Å². The highest BCUT2D eigenvalue weighted by Gasteiger charge is 2.11. The van der Waals surface area contributed by atoms with E-state index in [0.29, 0.717) is 23.9 Å². The third-order valence-corrected chi connectivity index (χ3v) is 3.95. The van der Waals surface area contributed by atoms with Gasteiger partial charge in [-0.15, -0.1) is 0 Å². The van der Waals surface area contributed by atoms with Crippen LogP contribution in [0.2, 0.25) is 5.02 Å². The first-order valence-corrected chi connectivity index (χ1v) is 8.47. The number of benzene rings is 2. The molecule has 0 aliphatic heterocycles. The zero-order valence-electron chi connectivity index (χ0n) is 14.1. The Balaban J connectivity index is 1.66. The van der Waals surface area contributed by atoms with Crippen LogP contribution in [0.3, 0.4) is 0 Å². The molecule has 1 amide bonds. The van der Waals surface area contributed by atoms with Gasteiger partial charge < -0.3 is 15.0 Å². The van der Waals surface area contributed by atoms with Crippen molar-refractivity contribution in [3.63, 3.8) is 0 Å². The maximum Gasteiger partial charge on any atom is 0.279 e. The molecule has 24 heavy (non-hydrogen) atoms. The average molecular weight is 348 g/mol. The molecule has 0 bridgehead atoms. The van der Waals surface area contributed by atoms with Crippen LogP contribution >= 0.6 is 11.6 Å². The summed E-state index contributed by atoms with van der Waals surface area (Å²) < 4.78 is 5.72. The van der Waals surface area contributed by atoms with E-state index >= 15 is 0 Å². The Morgan fingerprint density at radius 1 is 1.21 bits per heavy atom. The first-order chi connectivity index (χ1) is 11.5. The van der Waals surface area contributed by atoms with E-state index in [4.69, 9.17) is 16.3 Å². The third-order valence-electron chi connectivity index (χ3n) is 3.62. The molecule has 0 aliphatic rings. The van der Waals surface area contributed by atoms with Crippen LogP contribution < -0.4 is 15.0 Å². The van der Waals surface area contributed by atoms with Gasteiger partial charge in [0.15, 0.2) is 6.54 Å². The Morgan fingerprint density at radius 2 is 2.00 bits per heavy atom. The molecule has 0 aliphatic carbocycles. The smallest absolute Gasteiger partial charge is 0.279 e. The monoisotopic (exact) mass is 347 g/mol. The quantitative estimate of drug-likeness (QED) is 0.721. The Labute approximate surface area is 148 Å². The molecule has 0 radical (unpaired) electrons. The molecular weight excluding hydrogens is 324 g/mol. The van der Waals surface area contributed by atoms with Gasteiger partial charge in [0, 0.05) is 6.42 Å². The highest BCUT2D eigenvalue weighted by molar-refractivity contribution is 6.33. The standard InChI is InChI=1S/C19H23ClN2O2/c1-15-7-5-8-16(13-15)24-12-6-11-22(2)14-19(23)21-18-10-4-3-9-17(18)20/h3-5,7-10,13H,6,11-12,14H2,1-2H3,(H,21,23)/p+1. The highest BCUT2D eigenvalue weighted by atomic mass is 35.5. The average Bonchev–Trinajstić information content (AvgIpc) is 2.54. The molecule has 0 saturated heterocycles. The number of carbonyl (C=O) groups excluding carboxylic acids is 1. The Hall–Kier alpha value is -2.04. The highest BCUT2D eigenvalue weighted by Crippen LogP contribution is 2.19. The number of carbonyl (C=O) groups is 1. The van der Waals surface area contributed by atoms with Gasteiger partial charge in [0.05, 0.1) is 30.9 Å². The predicted molar refractivity (Wildman–Crippen MR) is 98.0 cm³/mol. The number of hydrogen-bond donors (Lipinski definition) is 2. The summed E-state index contributed by atoms with van der Waals surface area (Å²) in [5.41, 5.74) is 1.84. The minimum atomic E-state index is -0.0415. The first-order valence-electron chi connectivity index (χ1n) is 8.10. The minimum Gasteiger partial charge on any atom is -0.493 e. The number of aryl methyl sites for hydroxylation is 1. The molecule has 2 rings (SSSR count). The largest absolute Gasteiger partial charge is 0.493 e. The van der Waals surface area contributed by atoms with E-state index in [9.17, 15) is 4.79 Å². The van der Waals surface area contributed by atoms with Gasteiger partial charge in [-0.1, -0.05) is 35.9 Å². The molecule has 128 valence electrons. The summed E-state index contributed by atoms with van der Waals surface area (Å²) >= 11 is 6.04. The lowest BCUT2D eigenvalue weighted by Gasteiger charge is -2.14. The number of para-hydroxylation sites is 1. The molecular formula is C19H24ClN2O2+. The van der Waals surface area contributed by atoms with Crippen LogP contribution in [0.4, 0.5) is 5.69 Å². The molecule has 0 heterocycles. The van der Waals surface area contributed by atoms with Crippen LogP contribution in [-0.4, -0.2) is 32.7 Å². The van der Waals surface area contributed by atoms with Gasteiger partial charge in [0.25, 0.3) is 5.91 Å². The minimum absolute atomic E-state index is 0.0415. The van der Waals surface area contributed by atoms with Gasteiger partial charge in [-0.3, -0.25) is 4.79 Å². The van der Waals surface area contributed by atoms with Crippen LogP contribution in [0.15, 0.2) is 48.5 Å². The maximum absolute atomic E-state index is 12.0. The van der Waals surface area contributed by atoms with E-state index in [-0.39, 0.29) is 5.91 Å². The molecule has 1 atom stereocenters. The van der Waals surface area contributed by atoms with Crippen LogP contribution in [0.1, 0.15) is 12.0 Å².